The summed E-state index contributed by atoms with van der Waals surface area (Å²) in [6, 6.07) is 0. The highest BCUT2D eigenvalue weighted by Crippen LogP contribution is 2.24. The molecule has 2 rings (SSSR count). The minimum atomic E-state index is -0.528. The van der Waals surface area contributed by atoms with Crippen molar-refractivity contribution in [1.82, 2.24) is 0 Å². The summed E-state index contributed by atoms with van der Waals surface area (Å²) in [4.78, 5) is 0. The van der Waals surface area contributed by atoms with Gasteiger partial charge in [-0.05, 0) is 31.3 Å². The van der Waals surface area contributed by atoms with E-state index in [1.54, 1.807) is 0 Å². The summed E-state index contributed by atoms with van der Waals surface area (Å²) in [5.74, 6) is 2.26. The third-order valence-corrected chi connectivity index (χ3v) is 4.36. The molecule has 74 valence electrons. The Bertz CT molecular complexity index is 219. The Labute approximate surface area is 81.8 Å². The second-order valence-electron chi connectivity index (χ2n) is 3.96. The van der Waals surface area contributed by atoms with Crippen LogP contribution in [0.25, 0.3) is 0 Å². The molecule has 0 amide bonds. The molecule has 1 saturated heterocycles. The number of ether oxygens (including phenoxy) is 1. The van der Waals surface area contributed by atoms with Crippen LogP contribution in [-0.2, 0) is 15.5 Å². The third-order valence-electron chi connectivity index (χ3n) is 2.67. The van der Waals surface area contributed by atoms with Gasteiger partial charge in [-0.3, -0.25) is 4.21 Å². The van der Waals surface area contributed by atoms with Crippen LogP contribution >= 0.6 is 0 Å². The minimum absolute atomic E-state index is 0.528. The molecule has 0 unspecified atom stereocenters. The van der Waals surface area contributed by atoms with E-state index < -0.39 is 10.8 Å². The highest BCUT2D eigenvalue weighted by molar-refractivity contribution is 7.86. The van der Waals surface area contributed by atoms with Gasteiger partial charge >= 0.3 is 0 Å². The first kappa shape index (κ1) is 9.25. The van der Waals surface area contributed by atoms with Gasteiger partial charge in [0.2, 0.25) is 0 Å². The van der Waals surface area contributed by atoms with E-state index in [1.165, 1.54) is 31.3 Å². The second kappa shape index (κ2) is 4.27. The standard InChI is InChI=1S/C10H16O2S/c11-13-7-10(8-13)6-12-5-9-3-1-2-4-9/h5,10H,1-4,6-8H2. The van der Waals surface area contributed by atoms with Gasteiger partial charge < -0.3 is 4.74 Å². The molecule has 2 fully saturated rings. The Balaban J connectivity index is 1.63. The van der Waals surface area contributed by atoms with Gasteiger partial charge in [0.1, 0.15) is 0 Å². The zero-order chi connectivity index (χ0) is 9.10. The summed E-state index contributed by atoms with van der Waals surface area (Å²) in [7, 11) is -0.528. The lowest BCUT2D eigenvalue weighted by atomic mass is 10.2. The third kappa shape index (κ3) is 2.56. The molecule has 0 N–H and O–H groups in total. The molecule has 0 bridgehead atoms. The average Bonchev–Trinajstić information content (AvgIpc) is 2.53. The fourth-order valence-electron chi connectivity index (χ4n) is 1.82. The Morgan fingerprint density at radius 2 is 2.08 bits per heavy atom. The van der Waals surface area contributed by atoms with Gasteiger partial charge in [-0.25, -0.2) is 0 Å². The van der Waals surface area contributed by atoms with Gasteiger partial charge in [-0.15, -0.1) is 0 Å². The van der Waals surface area contributed by atoms with E-state index >= 15 is 0 Å². The second-order valence-corrected chi connectivity index (χ2v) is 5.50. The van der Waals surface area contributed by atoms with E-state index in [0.29, 0.717) is 5.92 Å². The number of rotatable bonds is 3. The van der Waals surface area contributed by atoms with E-state index in [4.69, 9.17) is 4.74 Å². The number of hydrogen-bond donors (Lipinski definition) is 0. The smallest absolute Gasteiger partial charge is 0.0919 e. The molecular formula is C10H16O2S. The van der Waals surface area contributed by atoms with E-state index in [2.05, 4.69) is 0 Å². The predicted molar refractivity (Wildman–Crippen MR) is 53.9 cm³/mol. The first-order valence-electron chi connectivity index (χ1n) is 4.99. The van der Waals surface area contributed by atoms with Crippen LogP contribution < -0.4 is 0 Å². The van der Waals surface area contributed by atoms with Crippen LogP contribution in [0.15, 0.2) is 11.8 Å². The van der Waals surface area contributed by atoms with Crippen molar-refractivity contribution in [2.75, 3.05) is 18.1 Å². The molecule has 3 heteroatoms. The number of hydrogen-bond acceptors (Lipinski definition) is 2. The summed E-state index contributed by atoms with van der Waals surface area (Å²) in [6.07, 6.45) is 7.02. The monoisotopic (exact) mass is 200 g/mol. The fraction of sp³-hybridized carbons (Fsp3) is 0.800. The van der Waals surface area contributed by atoms with Crippen LogP contribution in [-0.4, -0.2) is 22.3 Å². The van der Waals surface area contributed by atoms with Crippen molar-refractivity contribution in [1.29, 1.82) is 0 Å². The highest BCUT2D eigenvalue weighted by Gasteiger charge is 2.25. The topological polar surface area (TPSA) is 26.3 Å². The van der Waals surface area contributed by atoms with E-state index in [9.17, 15) is 4.21 Å². The van der Waals surface area contributed by atoms with Crippen LogP contribution in [0.1, 0.15) is 25.7 Å². The van der Waals surface area contributed by atoms with Gasteiger partial charge in [0.25, 0.3) is 0 Å². The lowest BCUT2D eigenvalue weighted by molar-refractivity contribution is 0.206. The summed E-state index contributed by atoms with van der Waals surface area (Å²) in [5, 5.41) is 0. The van der Waals surface area contributed by atoms with Gasteiger partial charge in [-0.2, -0.15) is 0 Å². The molecule has 2 nitrogen and oxygen atoms in total. The van der Waals surface area contributed by atoms with E-state index in [1.807, 2.05) is 6.26 Å². The molecule has 1 aliphatic heterocycles. The molecule has 1 aliphatic carbocycles. The Kier molecular flexibility index (Phi) is 3.04. The molecule has 0 radical (unpaired) electrons. The van der Waals surface area contributed by atoms with Crippen molar-refractivity contribution in [2.45, 2.75) is 25.7 Å². The summed E-state index contributed by atoms with van der Waals surface area (Å²) in [6.45, 7) is 0.773. The lowest BCUT2D eigenvalue weighted by Crippen LogP contribution is -2.34. The first-order chi connectivity index (χ1) is 6.34. The quantitative estimate of drug-likeness (QED) is 0.650. The van der Waals surface area contributed by atoms with Crippen LogP contribution in [0.5, 0.6) is 0 Å². The molecule has 13 heavy (non-hydrogen) atoms. The maximum atomic E-state index is 10.8. The highest BCUT2D eigenvalue weighted by atomic mass is 32.2. The molecule has 0 spiro atoms. The maximum absolute atomic E-state index is 10.8. The Morgan fingerprint density at radius 3 is 2.69 bits per heavy atom. The van der Waals surface area contributed by atoms with Crippen molar-refractivity contribution >= 4 is 10.8 Å². The molecule has 0 atom stereocenters. The fourth-order valence-corrected chi connectivity index (χ4v) is 2.97. The zero-order valence-corrected chi connectivity index (χ0v) is 8.65. The van der Waals surface area contributed by atoms with Crippen LogP contribution in [0, 0.1) is 5.92 Å². The maximum Gasteiger partial charge on any atom is 0.0919 e. The van der Waals surface area contributed by atoms with E-state index in [0.717, 1.165) is 18.1 Å². The van der Waals surface area contributed by atoms with E-state index in [-0.39, 0.29) is 0 Å². The van der Waals surface area contributed by atoms with Crippen molar-refractivity contribution in [3.63, 3.8) is 0 Å². The molecule has 2 aliphatic rings. The van der Waals surface area contributed by atoms with Gasteiger partial charge in [-0.1, -0.05) is 0 Å². The number of allylic oxidation sites excluding steroid dienone is 1. The van der Waals surface area contributed by atoms with Gasteiger partial charge in [0.15, 0.2) is 0 Å². The summed E-state index contributed by atoms with van der Waals surface area (Å²) in [5.41, 5.74) is 1.46. The van der Waals surface area contributed by atoms with Crippen LogP contribution in [0.2, 0.25) is 0 Å². The normalized spacial score (nSPS) is 32.8. The van der Waals surface area contributed by atoms with Crippen molar-refractivity contribution in [2.24, 2.45) is 5.92 Å². The Hall–Kier alpha value is -0.310. The Morgan fingerprint density at radius 1 is 1.38 bits per heavy atom. The van der Waals surface area contributed by atoms with Gasteiger partial charge in [0.05, 0.1) is 12.9 Å². The van der Waals surface area contributed by atoms with Crippen molar-refractivity contribution in [3.8, 4) is 0 Å². The summed E-state index contributed by atoms with van der Waals surface area (Å²) < 4.78 is 16.2. The molecule has 0 aromatic carbocycles. The molecule has 0 aromatic heterocycles. The van der Waals surface area contributed by atoms with Crippen LogP contribution in [0.3, 0.4) is 0 Å². The van der Waals surface area contributed by atoms with Gasteiger partial charge in [0, 0.05) is 28.2 Å². The minimum Gasteiger partial charge on any atom is -0.501 e. The molecule has 1 saturated carbocycles. The zero-order valence-electron chi connectivity index (χ0n) is 7.83. The lowest BCUT2D eigenvalue weighted by Gasteiger charge is -2.23. The predicted octanol–water partition coefficient (Wildman–Crippen LogP) is 1.84. The van der Waals surface area contributed by atoms with Crippen LogP contribution in [0.4, 0.5) is 0 Å². The summed E-state index contributed by atoms with van der Waals surface area (Å²) >= 11 is 0. The first-order valence-corrected chi connectivity index (χ1v) is 6.48. The SMILES string of the molecule is O=S1CC(COC=C2CCCC2)C1. The average molecular weight is 200 g/mol. The van der Waals surface area contributed by atoms with Crippen molar-refractivity contribution in [3.05, 3.63) is 11.8 Å². The molecular weight excluding hydrogens is 184 g/mol. The van der Waals surface area contributed by atoms with Crippen molar-refractivity contribution < 1.29 is 8.95 Å². The molecule has 1 heterocycles. The largest absolute Gasteiger partial charge is 0.501 e. The molecule has 0 aromatic rings.